The predicted molar refractivity (Wildman–Crippen MR) is 76.0 cm³/mol. The zero-order chi connectivity index (χ0) is 14.8. The molecular weight excluding hydrogens is 260 g/mol. The van der Waals surface area contributed by atoms with Crippen molar-refractivity contribution in [1.82, 2.24) is 10.6 Å². The number of nitrogens with one attached hydrogen (secondary N) is 3. The van der Waals surface area contributed by atoms with Crippen LogP contribution in [0.3, 0.4) is 0 Å². The Hall–Kier alpha value is -2.15. The number of hydrogen-bond acceptors (Lipinski definition) is 5. The first-order chi connectivity index (χ1) is 9.45. The number of nitro benzene ring substituents is 1. The maximum absolute atomic E-state index is 11.5. The van der Waals surface area contributed by atoms with Crippen LogP contribution in [0.4, 0.5) is 11.4 Å². The van der Waals surface area contributed by atoms with Gasteiger partial charge >= 0.3 is 0 Å². The zero-order valence-electron chi connectivity index (χ0n) is 11.5. The van der Waals surface area contributed by atoms with E-state index < -0.39 is 4.92 Å². The van der Waals surface area contributed by atoms with Crippen LogP contribution in [0.5, 0.6) is 0 Å². The van der Waals surface area contributed by atoms with E-state index in [0.29, 0.717) is 5.69 Å². The molecule has 1 unspecified atom stereocenters. The molecule has 1 atom stereocenters. The number of nitrogens with zero attached hydrogens (tertiary/aromatic N) is 1. The Morgan fingerprint density at radius 2 is 2.25 bits per heavy atom. The molecule has 1 heterocycles. The quantitative estimate of drug-likeness (QED) is 0.566. The fourth-order valence-electron chi connectivity index (χ4n) is 2.32. The molecule has 0 saturated carbocycles. The maximum Gasteiger partial charge on any atom is 0.293 e. The molecular formula is C13H18N4O3. The van der Waals surface area contributed by atoms with E-state index in [0.717, 1.165) is 19.5 Å². The van der Waals surface area contributed by atoms with Crippen LogP contribution >= 0.6 is 0 Å². The molecule has 1 fully saturated rings. The number of carbonyl (C=O) groups excluding carboxylic acids is 1. The second-order valence-corrected chi connectivity index (χ2v) is 5.18. The van der Waals surface area contributed by atoms with Crippen LogP contribution in [0.2, 0.25) is 0 Å². The van der Waals surface area contributed by atoms with Crippen LogP contribution in [0.15, 0.2) is 18.2 Å². The Morgan fingerprint density at radius 1 is 1.50 bits per heavy atom. The monoisotopic (exact) mass is 278 g/mol. The third-order valence-electron chi connectivity index (χ3n) is 3.49. The summed E-state index contributed by atoms with van der Waals surface area (Å²) < 4.78 is 0. The molecule has 7 nitrogen and oxygen atoms in total. The van der Waals surface area contributed by atoms with E-state index in [2.05, 4.69) is 16.0 Å². The Labute approximate surface area is 116 Å². The van der Waals surface area contributed by atoms with Gasteiger partial charge in [-0.2, -0.15) is 0 Å². The number of hydrogen-bond donors (Lipinski definition) is 3. The third kappa shape index (κ3) is 2.88. The van der Waals surface area contributed by atoms with Crippen molar-refractivity contribution in [3.05, 3.63) is 33.9 Å². The Kier molecular flexibility index (Phi) is 3.89. The summed E-state index contributed by atoms with van der Waals surface area (Å²) in [6.45, 7) is 3.65. The van der Waals surface area contributed by atoms with Crippen LogP contribution < -0.4 is 16.0 Å². The molecule has 1 aliphatic rings. The van der Waals surface area contributed by atoms with Crippen molar-refractivity contribution in [2.75, 3.05) is 25.5 Å². The van der Waals surface area contributed by atoms with Gasteiger partial charge in [-0.15, -0.1) is 0 Å². The van der Waals surface area contributed by atoms with Gasteiger partial charge in [0, 0.05) is 30.8 Å². The number of nitro groups is 1. The molecule has 20 heavy (non-hydrogen) atoms. The van der Waals surface area contributed by atoms with Gasteiger partial charge in [0.25, 0.3) is 11.6 Å². The molecule has 0 radical (unpaired) electrons. The van der Waals surface area contributed by atoms with E-state index in [1.807, 2.05) is 6.92 Å². The van der Waals surface area contributed by atoms with E-state index >= 15 is 0 Å². The lowest BCUT2D eigenvalue weighted by molar-refractivity contribution is -0.384. The largest absolute Gasteiger partial charge is 0.373 e. The molecule has 0 spiro atoms. The summed E-state index contributed by atoms with van der Waals surface area (Å²) in [6.07, 6.45) is 0.890. The van der Waals surface area contributed by atoms with Gasteiger partial charge in [-0.05, 0) is 32.0 Å². The van der Waals surface area contributed by atoms with Crippen LogP contribution in [0.1, 0.15) is 23.7 Å². The number of carbonyl (C=O) groups is 1. The third-order valence-corrected chi connectivity index (χ3v) is 3.49. The van der Waals surface area contributed by atoms with E-state index in [9.17, 15) is 14.9 Å². The van der Waals surface area contributed by atoms with Crippen molar-refractivity contribution in [1.29, 1.82) is 0 Å². The molecule has 108 valence electrons. The van der Waals surface area contributed by atoms with Crippen molar-refractivity contribution in [2.45, 2.75) is 18.9 Å². The van der Waals surface area contributed by atoms with Gasteiger partial charge < -0.3 is 16.0 Å². The second-order valence-electron chi connectivity index (χ2n) is 5.18. The smallest absolute Gasteiger partial charge is 0.293 e. The SMILES string of the molecule is CNC(=O)c1ccc(NC2(C)CCNC2)c([N+](=O)[O-])c1. The fraction of sp³-hybridized carbons (Fsp3) is 0.462. The molecule has 0 aliphatic carbocycles. The topological polar surface area (TPSA) is 96.3 Å². The molecule has 2 rings (SSSR count). The molecule has 1 aliphatic heterocycles. The fourth-order valence-corrected chi connectivity index (χ4v) is 2.32. The summed E-state index contributed by atoms with van der Waals surface area (Å²) in [4.78, 5) is 22.3. The van der Waals surface area contributed by atoms with Gasteiger partial charge in [-0.3, -0.25) is 14.9 Å². The standard InChI is InChI=1S/C13H18N4O3/c1-13(5-6-15-8-13)16-10-4-3-9(12(18)14-2)7-11(10)17(19)20/h3-4,7,15-16H,5-6,8H2,1-2H3,(H,14,18). The lowest BCUT2D eigenvalue weighted by Crippen LogP contribution is -2.37. The molecule has 3 N–H and O–H groups in total. The molecule has 1 amide bonds. The van der Waals surface area contributed by atoms with Crippen LogP contribution in [-0.4, -0.2) is 36.5 Å². The van der Waals surface area contributed by atoms with Crippen LogP contribution in [0, 0.1) is 10.1 Å². The predicted octanol–water partition coefficient (Wildman–Crippen LogP) is 1.12. The highest BCUT2D eigenvalue weighted by molar-refractivity contribution is 5.95. The summed E-state index contributed by atoms with van der Waals surface area (Å²) in [5.41, 5.74) is 0.423. The first kappa shape index (κ1) is 14.3. The summed E-state index contributed by atoms with van der Waals surface area (Å²) in [6, 6.07) is 4.47. The second kappa shape index (κ2) is 5.46. The minimum absolute atomic E-state index is 0.0841. The highest BCUT2D eigenvalue weighted by atomic mass is 16.6. The van der Waals surface area contributed by atoms with Gasteiger partial charge in [-0.25, -0.2) is 0 Å². The van der Waals surface area contributed by atoms with Gasteiger partial charge in [0.05, 0.1) is 4.92 Å². The van der Waals surface area contributed by atoms with Gasteiger partial charge in [0.2, 0.25) is 0 Å². The maximum atomic E-state index is 11.5. The Bertz CT molecular complexity index is 538. The number of rotatable bonds is 4. The number of benzene rings is 1. The first-order valence-corrected chi connectivity index (χ1v) is 6.45. The molecule has 0 aromatic heterocycles. The molecule has 0 bridgehead atoms. The highest BCUT2D eigenvalue weighted by Gasteiger charge is 2.30. The van der Waals surface area contributed by atoms with E-state index in [1.54, 1.807) is 12.1 Å². The molecule has 7 heteroatoms. The summed E-state index contributed by atoms with van der Waals surface area (Å²) in [5.74, 6) is -0.339. The lowest BCUT2D eigenvalue weighted by Gasteiger charge is -2.25. The zero-order valence-corrected chi connectivity index (χ0v) is 11.5. The van der Waals surface area contributed by atoms with E-state index in [4.69, 9.17) is 0 Å². The summed E-state index contributed by atoms with van der Waals surface area (Å²) >= 11 is 0. The van der Waals surface area contributed by atoms with Crippen molar-refractivity contribution in [2.24, 2.45) is 0 Å². The summed E-state index contributed by atoms with van der Waals surface area (Å²) in [5, 5.41) is 20.1. The van der Waals surface area contributed by atoms with Crippen LogP contribution in [-0.2, 0) is 0 Å². The van der Waals surface area contributed by atoms with Crippen molar-refractivity contribution >= 4 is 17.3 Å². The van der Waals surface area contributed by atoms with Gasteiger partial charge in [0.1, 0.15) is 5.69 Å². The Morgan fingerprint density at radius 3 is 2.80 bits per heavy atom. The highest BCUT2D eigenvalue weighted by Crippen LogP contribution is 2.30. The molecule has 1 aromatic carbocycles. The molecule has 1 saturated heterocycles. The van der Waals surface area contributed by atoms with Crippen molar-refractivity contribution in [3.63, 3.8) is 0 Å². The van der Waals surface area contributed by atoms with Crippen molar-refractivity contribution in [3.8, 4) is 0 Å². The number of anilines is 1. The minimum Gasteiger partial charge on any atom is -0.373 e. The molecule has 1 aromatic rings. The van der Waals surface area contributed by atoms with Crippen molar-refractivity contribution < 1.29 is 9.72 Å². The van der Waals surface area contributed by atoms with E-state index in [1.165, 1.54) is 13.1 Å². The van der Waals surface area contributed by atoms with E-state index in [-0.39, 0.29) is 22.7 Å². The van der Waals surface area contributed by atoms with Crippen LogP contribution in [0.25, 0.3) is 0 Å². The lowest BCUT2D eigenvalue weighted by atomic mass is 10.0. The normalized spacial score (nSPS) is 21.5. The first-order valence-electron chi connectivity index (χ1n) is 6.45. The van der Waals surface area contributed by atoms with Gasteiger partial charge in [-0.1, -0.05) is 0 Å². The Balaban J connectivity index is 2.33. The average Bonchev–Trinajstić information content (AvgIpc) is 2.84. The minimum atomic E-state index is -0.472. The number of amides is 1. The summed E-state index contributed by atoms with van der Waals surface area (Å²) in [7, 11) is 1.49. The van der Waals surface area contributed by atoms with Gasteiger partial charge in [0.15, 0.2) is 0 Å². The average molecular weight is 278 g/mol.